The zero-order chi connectivity index (χ0) is 18.6. The molecule has 0 bridgehead atoms. The number of methoxy groups -OCH3 is 1. The van der Waals surface area contributed by atoms with Crippen LogP contribution in [-0.2, 0) is 26.3 Å². The molecule has 2 aliphatic heterocycles. The zero-order valence-electron chi connectivity index (χ0n) is 15.1. The Hall–Kier alpha value is -3.08. The maximum Gasteiger partial charge on any atom is 0.328 e. The van der Waals surface area contributed by atoms with Crippen molar-refractivity contribution in [2.45, 2.75) is 30.8 Å². The summed E-state index contributed by atoms with van der Waals surface area (Å²) in [6, 6.07) is 17.5. The summed E-state index contributed by atoms with van der Waals surface area (Å²) in [4.78, 5) is 31.0. The van der Waals surface area contributed by atoms with Crippen LogP contribution >= 0.6 is 0 Å². The third kappa shape index (κ3) is 2.05. The monoisotopic (exact) mass is 360 g/mol. The molecule has 5 heteroatoms. The van der Waals surface area contributed by atoms with Gasteiger partial charge in [-0.2, -0.15) is 0 Å². The smallest absolute Gasteiger partial charge is 0.328 e. The van der Waals surface area contributed by atoms with Crippen LogP contribution in [0.3, 0.4) is 0 Å². The van der Waals surface area contributed by atoms with Crippen molar-refractivity contribution >= 4 is 22.8 Å². The third-order valence-corrected chi connectivity index (χ3v) is 6.04. The van der Waals surface area contributed by atoms with Crippen LogP contribution in [0.1, 0.15) is 29.7 Å². The molecule has 1 saturated heterocycles. The number of aromatic nitrogens is 1. The fourth-order valence-electron chi connectivity index (χ4n) is 4.94. The largest absolute Gasteiger partial charge is 0.467 e. The molecule has 0 spiro atoms. The number of hydrogen-bond donors (Lipinski definition) is 1. The Morgan fingerprint density at radius 2 is 1.89 bits per heavy atom. The number of rotatable bonds is 2. The van der Waals surface area contributed by atoms with Gasteiger partial charge in [0.15, 0.2) is 0 Å². The molecule has 1 N–H and O–H groups in total. The van der Waals surface area contributed by atoms with Crippen molar-refractivity contribution in [1.29, 1.82) is 0 Å². The zero-order valence-corrected chi connectivity index (χ0v) is 15.1. The second kappa shape index (κ2) is 5.71. The number of carbonyl (C=O) groups excluding carboxylic acids is 2. The Kier molecular flexibility index (Phi) is 3.41. The van der Waals surface area contributed by atoms with Crippen LogP contribution in [-0.4, -0.2) is 34.9 Å². The van der Waals surface area contributed by atoms with Crippen molar-refractivity contribution in [2.24, 2.45) is 0 Å². The summed E-state index contributed by atoms with van der Waals surface area (Å²) in [6.45, 7) is 0. The molecule has 2 aromatic carbocycles. The Morgan fingerprint density at radius 3 is 2.67 bits per heavy atom. The molecule has 2 atom stereocenters. The van der Waals surface area contributed by atoms with Gasteiger partial charge in [0.05, 0.1) is 12.8 Å². The van der Waals surface area contributed by atoms with Crippen molar-refractivity contribution in [1.82, 2.24) is 9.88 Å². The number of nitrogens with zero attached hydrogens (tertiary/aromatic N) is 1. The van der Waals surface area contributed by atoms with Gasteiger partial charge in [0.25, 0.3) is 0 Å². The molecule has 5 rings (SSSR count). The number of benzene rings is 2. The van der Waals surface area contributed by atoms with Gasteiger partial charge >= 0.3 is 5.97 Å². The normalized spacial score (nSPS) is 24.0. The second-order valence-corrected chi connectivity index (χ2v) is 7.26. The lowest BCUT2D eigenvalue weighted by molar-refractivity contribution is -0.155. The molecular weight excluding hydrogens is 340 g/mol. The minimum Gasteiger partial charge on any atom is -0.467 e. The van der Waals surface area contributed by atoms with Gasteiger partial charge in [0.1, 0.15) is 11.6 Å². The van der Waals surface area contributed by atoms with Crippen molar-refractivity contribution in [2.75, 3.05) is 7.11 Å². The number of para-hydroxylation sites is 1. The summed E-state index contributed by atoms with van der Waals surface area (Å²) in [5, 5.41) is 1.11. The van der Waals surface area contributed by atoms with Gasteiger partial charge in [-0.25, -0.2) is 4.79 Å². The van der Waals surface area contributed by atoms with E-state index in [9.17, 15) is 9.59 Å². The molecular formula is C22H20N2O3. The summed E-state index contributed by atoms with van der Waals surface area (Å²) in [7, 11) is 1.39. The Morgan fingerprint density at radius 1 is 1.15 bits per heavy atom. The van der Waals surface area contributed by atoms with Crippen LogP contribution in [0.4, 0.5) is 0 Å². The van der Waals surface area contributed by atoms with E-state index in [4.69, 9.17) is 4.74 Å². The highest BCUT2D eigenvalue weighted by Gasteiger charge is 2.57. The maximum atomic E-state index is 12.9. The minimum atomic E-state index is -0.663. The summed E-state index contributed by atoms with van der Waals surface area (Å²) in [5.41, 5.74) is 3.53. The van der Waals surface area contributed by atoms with E-state index in [1.54, 1.807) is 4.90 Å². The van der Waals surface area contributed by atoms with E-state index in [1.807, 2.05) is 48.5 Å². The summed E-state index contributed by atoms with van der Waals surface area (Å²) >= 11 is 0. The fourth-order valence-corrected chi connectivity index (χ4v) is 4.94. The first-order valence-electron chi connectivity index (χ1n) is 9.22. The number of amides is 1. The molecule has 5 nitrogen and oxygen atoms in total. The lowest BCUT2D eigenvalue weighted by Crippen LogP contribution is -2.57. The van der Waals surface area contributed by atoms with E-state index in [0.29, 0.717) is 19.3 Å². The first kappa shape index (κ1) is 16.1. The van der Waals surface area contributed by atoms with Crippen LogP contribution in [0, 0.1) is 0 Å². The number of esters is 1. The predicted octanol–water partition coefficient (Wildman–Crippen LogP) is 3.13. The molecule has 3 heterocycles. The average molecular weight is 360 g/mol. The fraction of sp³-hybridized carbons (Fsp3) is 0.273. The van der Waals surface area contributed by atoms with E-state index in [1.165, 1.54) is 7.11 Å². The quantitative estimate of drug-likeness (QED) is 0.714. The van der Waals surface area contributed by atoms with Crippen LogP contribution in [0.5, 0.6) is 0 Å². The number of hydrogen-bond acceptors (Lipinski definition) is 3. The molecule has 136 valence electrons. The molecule has 2 aliphatic rings. The lowest BCUT2D eigenvalue weighted by Gasteiger charge is -2.46. The summed E-state index contributed by atoms with van der Waals surface area (Å²) in [5.74, 6) is -0.361. The number of carbonyl (C=O) groups is 2. The number of fused-ring (bicyclic) bond motifs is 5. The van der Waals surface area contributed by atoms with Crippen LogP contribution in [0.25, 0.3) is 10.9 Å². The van der Waals surface area contributed by atoms with E-state index in [-0.39, 0.29) is 11.9 Å². The van der Waals surface area contributed by atoms with Gasteiger partial charge in [-0.15, -0.1) is 0 Å². The van der Waals surface area contributed by atoms with Gasteiger partial charge in [-0.05, 0) is 23.6 Å². The number of ether oxygens (including phenoxy) is 1. The summed E-state index contributed by atoms with van der Waals surface area (Å²) < 4.78 is 5.09. The molecule has 0 saturated carbocycles. The minimum absolute atomic E-state index is 0.00133. The second-order valence-electron chi connectivity index (χ2n) is 7.26. The Labute approximate surface area is 156 Å². The van der Waals surface area contributed by atoms with Crippen LogP contribution in [0.15, 0.2) is 54.6 Å². The first-order chi connectivity index (χ1) is 13.2. The van der Waals surface area contributed by atoms with Gasteiger partial charge in [0, 0.05) is 23.7 Å². The van der Waals surface area contributed by atoms with E-state index >= 15 is 0 Å². The van der Waals surface area contributed by atoms with E-state index in [2.05, 4.69) is 11.1 Å². The lowest BCUT2D eigenvalue weighted by atomic mass is 9.77. The highest BCUT2D eigenvalue weighted by Crippen LogP contribution is 2.51. The topological polar surface area (TPSA) is 62.4 Å². The Bertz CT molecular complexity index is 1060. The van der Waals surface area contributed by atoms with Crippen molar-refractivity contribution < 1.29 is 14.3 Å². The summed E-state index contributed by atoms with van der Waals surface area (Å²) in [6.07, 6.45) is 1.52. The van der Waals surface area contributed by atoms with E-state index in [0.717, 1.165) is 27.7 Å². The van der Waals surface area contributed by atoms with Crippen molar-refractivity contribution in [3.63, 3.8) is 0 Å². The molecule has 1 fully saturated rings. The van der Waals surface area contributed by atoms with Crippen LogP contribution < -0.4 is 0 Å². The molecule has 0 radical (unpaired) electrons. The van der Waals surface area contributed by atoms with E-state index < -0.39 is 11.6 Å². The van der Waals surface area contributed by atoms with Gasteiger partial charge in [-0.1, -0.05) is 48.5 Å². The van der Waals surface area contributed by atoms with Crippen LogP contribution in [0.2, 0.25) is 0 Å². The van der Waals surface area contributed by atoms with Gasteiger partial charge in [0.2, 0.25) is 5.91 Å². The number of aromatic amines is 1. The predicted molar refractivity (Wildman–Crippen MR) is 101 cm³/mol. The van der Waals surface area contributed by atoms with Gasteiger partial charge < -0.3 is 14.6 Å². The average Bonchev–Trinajstić information content (AvgIpc) is 3.27. The third-order valence-electron chi connectivity index (χ3n) is 6.04. The SMILES string of the molecule is COC(=O)[C@@H]1Cc2c([nH]c3ccccc23)[C@]2(c3ccccc3)CCC(=O)N12. The molecule has 0 aliphatic carbocycles. The van der Waals surface area contributed by atoms with Crippen molar-refractivity contribution in [3.05, 3.63) is 71.4 Å². The molecule has 0 unspecified atom stereocenters. The Balaban J connectivity index is 1.85. The highest BCUT2D eigenvalue weighted by molar-refractivity contribution is 5.93. The molecule has 27 heavy (non-hydrogen) atoms. The number of H-pyrrole nitrogens is 1. The molecule has 1 amide bonds. The van der Waals surface area contributed by atoms with Gasteiger partial charge in [-0.3, -0.25) is 4.79 Å². The van der Waals surface area contributed by atoms with Crippen molar-refractivity contribution in [3.8, 4) is 0 Å². The highest BCUT2D eigenvalue weighted by atomic mass is 16.5. The maximum absolute atomic E-state index is 12.9. The molecule has 3 aromatic rings. The molecule has 1 aromatic heterocycles. The first-order valence-corrected chi connectivity index (χ1v) is 9.22. The number of nitrogens with one attached hydrogen (secondary N) is 1. The standard InChI is InChI=1S/C22H20N2O3/c1-27-21(26)18-13-16-15-9-5-6-10-17(15)23-20(16)22(12-11-19(25)24(18)22)14-7-3-2-4-8-14/h2-10,18,23H,11-13H2,1H3/t18-,22+/m0/s1.